The first-order valence-corrected chi connectivity index (χ1v) is 5.67. The maximum atomic E-state index is 5.94. The number of nitrogens with zero attached hydrogens (tertiary/aromatic N) is 1. The van der Waals surface area contributed by atoms with Gasteiger partial charge in [0.25, 0.3) is 0 Å². The molecule has 1 aromatic carbocycles. The number of aryl methyl sites for hydroxylation is 2. The maximum absolute atomic E-state index is 5.94. The molecule has 3 rings (SSSR count). The maximum Gasteiger partial charge on any atom is 0.0931 e. The van der Waals surface area contributed by atoms with Crippen molar-refractivity contribution in [3.8, 4) is 11.3 Å². The summed E-state index contributed by atoms with van der Waals surface area (Å²) in [5.74, 6) is 0. The topological polar surface area (TPSA) is 38.9 Å². The van der Waals surface area contributed by atoms with E-state index < -0.39 is 0 Å². The van der Waals surface area contributed by atoms with Crippen LogP contribution in [0.5, 0.6) is 0 Å². The highest BCUT2D eigenvalue weighted by Crippen LogP contribution is 2.29. The van der Waals surface area contributed by atoms with E-state index >= 15 is 0 Å². The van der Waals surface area contributed by atoms with E-state index in [0.29, 0.717) is 0 Å². The molecule has 1 aromatic heterocycles. The average Bonchev–Trinajstić information content (AvgIpc) is 2.76. The van der Waals surface area contributed by atoms with Crippen LogP contribution >= 0.6 is 0 Å². The van der Waals surface area contributed by atoms with Crippen molar-refractivity contribution in [3.63, 3.8) is 0 Å². The molecule has 2 heteroatoms. The lowest BCUT2D eigenvalue weighted by Gasteiger charge is -2.06. The summed E-state index contributed by atoms with van der Waals surface area (Å²) >= 11 is 0. The van der Waals surface area contributed by atoms with E-state index in [2.05, 4.69) is 23.2 Å². The average molecular weight is 210 g/mol. The van der Waals surface area contributed by atoms with Crippen molar-refractivity contribution in [2.75, 3.05) is 5.73 Å². The van der Waals surface area contributed by atoms with E-state index in [0.717, 1.165) is 16.9 Å². The molecule has 0 bridgehead atoms. The molecular weight excluding hydrogens is 196 g/mol. The first kappa shape index (κ1) is 9.40. The van der Waals surface area contributed by atoms with Gasteiger partial charge < -0.3 is 5.73 Å². The summed E-state index contributed by atoms with van der Waals surface area (Å²) < 4.78 is 0. The Morgan fingerprint density at radius 2 is 1.94 bits per heavy atom. The van der Waals surface area contributed by atoms with Gasteiger partial charge in [-0.2, -0.15) is 0 Å². The zero-order chi connectivity index (χ0) is 11.0. The molecule has 80 valence electrons. The number of aromatic nitrogens is 1. The van der Waals surface area contributed by atoms with Crippen molar-refractivity contribution in [1.29, 1.82) is 0 Å². The predicted molar refractivity (Wildman–Crippen MR) is 66.1 cm³/mol. The smallest absolute Gasteiger partial charge is 0.0931 e. The zero-order valence-electron chi connectivity index (χ0n) is 9.11. The molecule has 1 heterocycles. The van der Waals surface area contributed by atoms with Gasteiger partial charge in [0, 0.05) is 11.8 Å². The molecule has 0 fully saturated rings. The summed E-state index contributed by atoms with van der Waals surface area (Å²) in [7, 11) is 0. The molecule has 0 spiro atoms. The van der Waals surface area contributed by atoms with Crippen molar-refractivity contribution in [2.24, 2.45) is 0 Å². The van der Waals surface area contributed by atoms with E-state index in [1.165, 1.54) is 30.4 Å². The second kappa shape index (κ2) is 3.63. The van der Waals surface area contributed by atoms with E-state index in [-0.39, 0.29) is 0 Å². The van der Waals surface area contributed by atoms with E-state index in [1.807, 2.05) is 12.1 Å². The van der Waals surface area contributed by atoms with Gasteiger partial charge in [-0.1, -0.05) is 12.1 Å². The third-order valence-corrected chi connectivity index (χ3v) is 3.21. The number of pyridine rings is 1. The quantitative estimate of drug-likeness (QED) is 0.786. The number of rotatable bonds is 1. The highest BCUT2D eigenvalue weighted by atomic mass is 14.7. The van der Waals surface area contributed by atoms with Gasteiger partial charge in [-0.3, -0.25) is 4.98 Å². The summed E-state index contributed by atoms with van der Waals surface area (Å²) in [5.41, 5.74) is 11.7. The van der Waals surface area contributed by atoms with Gasteiger partial charge in [-0.15, -0.1) is 0 Å². The molecule has 1 aliphatic rings. The van der Waals surface area contributed by atoms with E-state index in [1.54, 1.807) is 6.20 Å². The van der Waals surface area contributed by atoms with Crippen LogP contribution in [0.15, 0.2) is 36.5 Å². The van der Waals surface area contributed by atoms with Crippen molar-refractivity contribution in [1.82, 2.24) is 4.98 Å². The fraction of sp³-hybridized carbons (Fsp3) is 0.214. The van der Waals surface area contributed by atoms with Gasteiger partial charge in [0.15, 0.2) is 0 Å². The second-order valence-electron chi connectivity index (χ2n) is 4.28. The second-order valence-corrected chi connectivity index (χ2v) is 4.28. The Bertz CT molecular complexity index is 532. The van der Waals surface area contributed by atoms with E-state index in [4.69, 9.17) is 5.73 Å². The summed E-state index contributed by atoms with van der Waals surface area (Å²) in [5, 5.41) is 0. The van der Waals surface area contributed by atoms with Crippen LogP contribution in [-0.4, -0.2) is 4.98 Å². The molecule has 0 unspecified atom stereocenters. The molecule has 0 aliphatic heterocycles. The van der Waals surface area contributed by atoms with Crippen LogP contribution in [0.3, 0.4) is 0 Å². The Morgan fingerprint density at radius 1 is 1.06 bits per heavy atom. The molecule has 0 saturated heterocycles. The van der Waals surface area contributed by atoms with Gasteiger partial charge in [0.2, 0.25) is 0 Å². The Morgan fingerprint density at radius 3 is 2.81 bits per heavy atom. The molecule has 0 amide bonds. The van der Waals surface area contributed by atoms with Crippen molar-refractivity contribution in [3.05, 3.63) is 47.7 Å². The summed E-state index contributed by atoms with van der Waals surface area (Å²) in [4.78, 5) is 4.35. The molecule has 0 saturated carbocycles. The number of nitrogens with two attached hydrogens (primary N) is 1. The van der Waals surface area contributed by atoms with Crippen molar-refractivity contribution in [2.45, 2.75) is 19.3 Å². The van der Waals surface area contributed by atoms with Crippen LogP contribution in [0.2, 0.25) is 0 Å². The number of nitrogen functional groups attached to an aromatic ring is 1. The van der Waals surface area contributed by atoms with Crippen molar-refractivity contribution >= 4 is 5.69 Å². The Kier molecular flexibility index (Phi) is 2.13. The van der Waals surface area contributed by atoms with Crippen LogP contribution in [0, 0.1) is 0 Å². The largest absolute Gasteiger partial charge is 0.397 e. The number of fused-ring (bicyclic) bond motifs is 1. The minimum Gasteiger partial charge on any atom is -0.397 e. The summed E-state index contributed by atoms with van der Waals surface area (Å²) in [6.07, 6.45) is 5.47. The third kappa shape index (κ3) is 1.47. The Hall–Kier alpha value is -1.83. The molecule has 16 heavy (non-hydrogen) atoms. The van der Waals surface area contributed by atoms with Crippen LogP contribution in [-0.2, 0) is 12.8 Å². The highest BCUT2D eigenvalue weighted by Gasteiger charge is 2.12. The molecule has 2 nitrogen and oxygen atoms in total. The standard InChI is InChI=1S/C14H14N2/c15-13-5-2-8-16-14(13)12-7-6-10-3-1-4-11(10)9-12/h2,5-9H,1,3-4,15H2. The molecule has 0 atom stereocenters. The predicted octanol–water partition coefficient (Wildman–Crippen LogP) is 2.82. The SMILES string of the molecule is Nc1cccnc1-c1ccc2c(c1)CCC2. The molecule has 0 radical (unpaired) electrons. The lowest BCUT2D eigenvalue weighted by Crippen LogP contribution is -1.93. The van der Waals surface area contributed by atoms with Gasteiger partial charge in [-0.05, 0) is 48.6 Å². The number of benzene rings is 1. The van der Waals surface area contributed by atoms with Gasteiger partial charge in [0.1, 0.15) is 0 Å². The lowest BCUT2D eigenvalue weighted by atomic mass is 10.0. The van der Waals surface area contributed by atoms with Gasteiger partial charge in [-0.25, -0.2) is 0 Å². The fourth-order valence-electron chi connectivity index (χ4n) is 2.38. The van der Waals surface area contributed by atoms with Crippen LogP contribution in [0.1, 0.15) is 17.5 Å². The minimum absolute atomic E-state index is 0.750. The normalized spacial score (nSPS) is 13.8. The van der Waals surface area contributed by atoms with E-state index in [9.17, 15) is 0 Å². The monoisotopic (exact) mass is 210 g/mol. The third-order valence-electron chi connectivity index (χ3n) is 3.21. The minimum atomic E-state index is 0.750. The summed E-state index contributed by atoms with van der Waals surface area (Å²) in [6.45, 7) is 0. The van der Waals surface area contributed by atoms with Crippen molar-refractivity contribution < 1.29 is 0 Å². The molecule has 2 N–H and O–H groups in total. The number of hydrogen-bond donors (Lipinski definition) is 1. The zero-order valence-corrected chi connectivity index (χ0v) is 9.11. The lowest BCUT2D eigenvalue weighted by molar-refractivity contribution is 0.912. The number of anilines is 1. The first-order valence-electron chi connectivity index (χ1n) is 5.67. The molecular formula is C14H14N2. The van der Waals surface area contributed by atoms with Gasteiger partial charge in [0.05, 0.1) is 11.4 Å². The summed E-state index contributed by atoms with van der Waals surface area (Å²) in [6, 6.07) is 10.3. The number of hydrogen-bond acceptors (Lipinski definition) is 2. The highest BCUT2D eigenvalue weighted by molar-refractivity contribution is 5.73. The molecule has 1 aliphatic carbocycles. The van der Waals surface area contributed by atoms with Gasteiger partial charge >= 0.3 is 0 Å². The first-order chi connectivity index (χ1) is 7.84. The van der Waals surface area contributed by atoms with Crippen LogP contribution in [0.25, 0.3) is 11.3 Å². The van der Waals surface area contributed by atoms with Crippen LogP contribution < -0.4 is 5.73 Å². The Balaban J connectivity index is 2.11. The molecule has 2 aromatic rings. The fourth-order valence-corrected chi connectivity index (χ4v) is 2.38. The Labute approximate surface area is 95.1 Å². The van der Waals surface area contributed by atoms with Crippen LogP contribution in [0.4, 0.5) is 5.69 Å².